The average molecular weight is 1310 g/mol. The first-order valence-corrected chi connectivity index (χ1v) is 31.0. The lowest BCUT2D eigenvalue weighted by atomic mass is 9.71. The summed E-state index contributed by atoms with van der Waals surface area (Å²) < 4.78 is 41.0. The Kier molecular flexibility index (Phi) is 16.6. The number of rotatable bonds is 7. The van der Waals surface area contributed by atoms with Gasteiger partial charge in [0.15, 0.2) is 46.0 Å². The Morgan fingerprint density at radius 3 is 1.29 bits per heavy atom. The first-order chi connectivity index (χ1) is 44.7. The molecule has 23 heteroatoms. The Balaban J connectivity index is 0.000000178. The Bertz CT molecular complexity index is 4370. The number of nitrogens with zero attached hydrogens (tertiary/aromatic N) is 8. The molecule has 0 radical (unpaired) electrons. The number of fused-ring (bicyclic) bond motifs is 20. The van der Waals surface area contributed by atoms with Gasteiger partial charge in [0.05, 0.1) is 72.8 Å². The average Bonchev–Trinajstić information content (AvgIpc) is 0.816. The fourth-order valence-corrected chi connectivity index (χ4v) is 17.5. The summed E-state index contributed by atoms with van der Waals surface area (Å²) in [5.74, 6) is 0.832. The third-order valence-corrected chi connectivity index (χ3v) is 21.3. The number of carbonyl (C=O) groups is 5. The number of piperazine rings is 2. The van der Waals surface area contributed by atoms with Gasteiger partial charge < -0.3 is 48.5 Å². The summed E-state index contributed by atoms with van der Waals surface area (Å²) in [6.45, 7) is 8.41. The van der Waals surface area contributed by atoms with Crippen LogP contribution in [0.25, 0.3) is 0 Å². The molecule has 500 valence electrons. The fourth-order valence-electron chi connectivity index (χ4n) is 17.5. The zero-order chi connectivity index (χ0) is 65.2. The van der Waals surface area contributed by atoms with E-state index in [9.17, 15) is 49.8 Å². The maximum Gasteiger partial charge on any atom is 0.308 e. The summed E-state index contributed by atoms with van der Waals surface area (Å²) in [6, 6.07) is 17.6. The quantitative estimate of drug-likeness (QED) is 0.0763. The highest BCUT2D eigenvalue weighted by molar-refractivity contribution is 6.22. The molecule has 2 saturated heterocycles. The van der Waals surface area contributed by atoms with E-state index in [4.69, 9.17) is 33.2 Å². The lowest BCUT2D eigenvalue weighted by molar-refractivity contribution is -0.132. The molecule has 3 N–H and O–H groups in total. The molecule has 0 saturated carbocycles. The molecule has 4 amide bonds. The molecule has 0 aliphatic carbocycles. The highest BCUT2D eigenvalue weighted by Crippen LogP contribution is 2.61. The molecular weight excluding hydrogens is 1230 g/mol. The lowest BCUT2D eigenvalue weighted by Crippen LogP contribution is -2.68. The Morgan fingerprint density at radius 2 is 0.906 bits per heavy atom. The molecule has 6 aromatic carbocycles. The van der Waals surface area contributed by atoms with Crippen molar-refractivity contribution in [2.45, 2.75) is 143 Å². The number of hydrogen-bond acceptors (Lipinski definition) is 21. The van der Waals surface area contributed by atoms with E-state index in [1.807, 2.05) is 40.1 Å². The second-order valence-electron chi connectivity index (χ2n) is 25.6. The van der Waals surface area contributed by atoms with Crippen LogP contribution in [0.2, 0.25) is 0 Å². The molecule has 2 fully saturated rings. The van der Waals surface area contributed by atoms with Crippen molar-refractivity contribution in [3.63, 3.8) is 0 Å². The number of esters is 1. The van der Waals surface area contributed by atoms with Crippen LogP contribution in [0.1, 0.15) is 162 Å². The summed E-state index contributed by atoms with van der Waals surface area (Å²) >= 11 is 0. The monoisotopic (exact) mass is 1310 g/mol. The number of aryl methyl sites for hydroxylation is 2. The largest absolute Gasteiger partial charge is 0.507 e. The van der Waals surface area contributed by atoms with Crippen molar-refractivity contribution >= 4 is 29.6 Å². The molecule has 4 bridgehead atoms. The molecule has 10 aliphatic rings. The van der Waals surface area contributed by atoms with Crippen LogP contribution in [0.3, 0.4) is 0 Å². The van der Waals surface area contributed by atoms with Crippen molar-refractivity contribution in [2.75, 3.05) is 55.0 Å². The number of phenols is 3. The number of amides is 4. The molecule has 10 atom stereocenters. The minimum atomic E-state index is -0.745. The van der Waals surface area contributed by atoms with Crippen LogP contribution in [-0.4, -0.2) is 166 Å². The molecular formula is C73H78N8O15. The van der Waals surface area contributed by atoms with E-state index < -0.39 is 71.9 Å². The van der Waals surface area contributed by atoms with Crippen molar-refractivity contribution in [3.8, 4) is 69.6 Å². The van der Waals surface area contributed by atoms with Gasteiger partial charge in [-0.25, -0.2) is 0 Å². The summed E-state index contributed by atoms with van der Waals surface area (Å²) in [4.78, 5) is 78.4. The zero-order valence-electron chi connectivity index (χ0n) is 52.5. The Hall–Kier alpha value is -9.91. The minimum absolute atomic E-state index is 0. The second-order valence-corrected chi connectivity index (χ2v) is 25.6. The Morgan fingerprint density at radius 1 is 0.531 bits per heavy atom. The number of methoxy groups -OCH3 is 2. The highest BCUT2D eigenvalue weighted by Gasteiger charge is 2.60. The van der Waals surface area contributed by atoms with E-state index in [0.29, 0.717) is 127 Å². The molecule has 0 aromatic heterocycles. The first-order valence-electron chi connectivity index (χ1n) is 31.0. The van der Waals surface area contributed by atoms with Gasteiger partial charge in [-0.3, -0.25) is 53.4 Å². The van der Waals surface area contributed by atoms with Gasteiger partial charge in [-0.2, -0.15) is 10.5 Å². The van der Waals surface area contributed by atoms with Gasteiger partial charge in [-0.1, -0.05) is 58.7 Å². The lowest BCUT2D eigenvalue weighted by Gasteiger charge is -2.60. The van der Waals surface area contributed by atoms with Gasteiger partial charge in [-0.05, 0) is 114 Å². The molecule has 96 heavy (non-hydrogen) atoms. The van der Waals surface area contributed by atoms with Crippen LogP contribution in [0.5, 0.6) is 57.5 Å². The van der Waals surface area contributed by atoms with Crippen LogP contribution < -0.4 is 33.2 Å². The van der Waals surface area contributed by atoms with Crippen molar-refractivity contribution in [1.82, 2.24) is 29.4 Å². The minimum Gasteiger partial charge on any atom is -0.507 e. The summed E-state index contributed by atoms with van der Waals surface area (Å²) in [5, 5.41) is 56.8. The summed E-state index contributed by atoms with van der Waals surface area (Å²) in [6.07, 6.45) is 1.62. The molecule has 16 rings (SSSR count). The maximum absolute atomic E-state index is 13.8. The normalized spacial score (nSPS) is 24.9. The number of carbonyl (C=O) groups excluding carboxylic acids is 5. The standard InChI is InChI=1S/C36H34N4O8.C34H32N4O7.3CH4/c1-16-10-19-11-23-25(13-37)40-24(29(38(23)4)27(19)30(42)31(16)45-5)12-22-28(34-33(46-15-47-34)17(2)32(22)48-18(3)41)26(40)14-39-35(43)20-8-6-7-9-21(20)36(39)44;1-15-9-17-10-21-23(12-35)38-22(27(36(21)3)25(17)29(40)30(15)43-4)11-20-26(32-31(44-14-45-32)16(2)28(20)39)24(38)13-37-33(41)18-7-5-6-8-19(18)34(37)42;;;/h6-10,23-26,29,42H,11-12,14-15H2,1-5H3;5-9,21-24,27,39-40H,10-11,13-14H2,1-4H3;3*1H4/t23-,24?,25-,26-,29-;21-,22?,23-,24-,27-;;;/m00.../s1. The first kappa shape index (κ1) is 66.1. The van der Waals surface area contributed by atoms with E-state index >= 15 is 0 Å². The van der Waals surface area contributed by atoms with Gasteiger partial charge in [0.2, 0.25) is 13.6 Å². The SMILES string of the molecule is C.C.C.COc1c(C)cc2c(c1O)[C@@H]1C3Cc4c(O)c(C)c5c(c4[C@H](CN4C(=O)c6ccccc6C4=O)N3[C@@H](C#N)[C@H](C2)N1C)OCO5.COc1c(C)cc2c(c1O)[C@@H]1C3Cc4c(OC(C)=O)c(C)c5c(c4[C@H](CN4C(=O)c6ccccc6C4=O)N3[C@@H](C#N)[C@H](C2)N1C)OCO5. The van der Waals surface area contributed by atoms with Gasteiger partial charge in [0.1, 0.15) is 23.6 Å². The third-order valence-electron chi connectivity index (χ3n) is 21.3. The highest BCUT2D eigenvalue weighted by atomic mass is 16.7. The van der Waals surface area contributed by atoms with Crippen LogP contribution in [-0.2, 0) is 30.5 Å². The van der Waals surface area contributed by atoms with Crippen LogP contribution in [0.4, 0.5) is 0 Å². The van der Waals surface area contributed by atoms with E-state index in [-0.39, 0.29) is 84.3 Å². The number of benzene rings is 6. The van der Waals surface area contributed by atoms with E-state index in [1.54, 1.807) is 62.4 Å². The smallest absolute Gasteiger partial charge is 0.308 e. The molecule has 0 spiro atoms. The van der Waals surface area contributed by atoms with Gasteiger partial charge >= 0.3 is 5.97 Å². The molecule has 10 heterocycles. The number of ether oxygens (including phenoxy) is 7. The number of likely N-dealkylation sites (N-methyl/N-ethyl adjacent to an activating group) is 2. The van der Waals surface area contributed by atoms with E-state index in [1.165, 1.54) is 30.9 Å². The van der Waals surface area contributed by atoms with Gasteiger partial charge in [0.25, 0.3) is 23.6 Å². The number of phenolic OH excluding ortho intramolecular Hbond substituents is 3. The van der Waals surface area contributed by atoms with Crippen molar-refractivity contribution in [1.29, 1.82) is 10.5 Å². The molecule has 6 aromatic rings. The third kappa shape index (κ3) is 9.14. The second kappa shape index (κ2) is 24.1. The van der Waals surface area contributed by atoms with Crippen LogP contribution in [0, 0.1) is 50.4 Å². The topological polar surface area (TPSA) is 278 Å². The predicted molar refractivity (Wildman–Crippen MR) is 349 cm³/mol. The number of nitriles is 2. The number of imide groups is 2. The summed E-state index contributed by atoms with van der Waals surface area (Å²) in [7, 11) is 6.97. The van der Waals surface area contributed by atoms with Crippen LogP contribution in [0.15, 0.2) is 60.7 Å². The number of aromatic hydroxyl groups is 3. The van der Waals surface area contributed by atoms with Crippen molar-refractivity contribution in [2.24, 2.45) is 0 Å². The zero-order valence-corrected chi connectivity index (χ0v) is 52.5. The Labute approximate surface area is 557 Å². The van der Waals surface area contributed by atoms with Gasteiger partial charge in [-0.15, -0.1) is 0 Å². The maximum atomic E-state index is 13.8. The van der Waals surface area contributed by atoms with Crippen LogP contribution >= 0.6 is 0 Å². The number of hydrogen-bond donors (Lipinski definition) is 3. The van der Waals surface area contributed by atoms with Crippen molar-refractivity contribution in [3.05, 3.63) is 150 Å². The predicted octanol–water partition coefficient (Wildman–Crippen LogP) is 9.17. The van der Waals surface area contributed by atoms with E-state index in [2.05, 4.69) is 31.7 Å². The van der Waals surface area contributed by atoms with Crippen molar-refractivity contribution < 1.29 is 72.5 Å². The fraction of sp³-hybridized carbons (Fsp3) is 0.411. The molecule has 2 unspecified atom stereocenters. The van der Waals surface area contributed by atoms with E-state index in [0.717, 1.165) is 27.8 Å². The summed E-state index contributed by atoms with van der Waals surface area (Å²) in [5.41, 5.74) is 9.87. The molecule has 23 nitrogen and oxygen atoms in total. The van der Waals surface area contributed by atoms with Gasteiger partial charge in [0, 0.05) is 88.7 Å². The molecule has 10 aliphatic heterocycles.